The number of hydrogen-bond donors (Lipinski definition) is 1. The van der Waals surface area contributed by atoms with Crippen molar-refractivity contribution in [3.63, 3.8) is 0 Å². The fourth-order valence-corrected chi connectivity index (χ4v) is 4.96. The van der Waals surface area contributed by atoms with Crippen LogP contribution in [0.25, 0.3) is 0 Å². The Hall–Kier alpha value is -2.35. The Balaban J connectivity index is 1.89. The van der Waals surface area contributed by atoms with Gasteiger partial charge in [-0.2, -0.15) is 0 Å². The van der Waals surface area contributed by atoms with Gasteiger partial charge in [-0.25, -0.2) is 13.1 Å². The molecule has 1 heterocycles. The summed E-state index contributed by atoms with van der Waals surface area (Å²) < 4.78 is 39.0. The van der Waals surface area contributed by atoms with E-state index in [-0.39, 0.29) is 0 Å². The van der Waals surface area contributed by atoms with Crippen LogP contribution in [0.2, 0.25) is 0 Å². The summed E-state index contributed by atoms with van der Waals surface area (Å²) in [4.78, 5) is 0. The maximum Gasteiger partial charge on any atom is 0.250 e. The molecule has 0 aliphatic heterocycles. The minimum Gasteiger partial charge on any atom is -0.497 e. The topological polar surface area (TPSA) is 64.6 Å². The highest BCUT2D eigenvalue weighted by molar-refractivity contribution is 7.91. The molecule has 2 aromatic carbocycles. The van der Waals surface area contributed by atoms with E-state index in [0.29, 0.717) is 10.6 Å². The molecular weight excluding hydrogens is 382 g/mol. The van der Waals surface area contributed by atoms with E-state index in [4.69, 9.17) is 9.47 Å². The number of benzene rings is 2. The Morgan fingerprint density at radius 2 is 1.52 bits per heavy atom. The van der Waals surface area contributed by atoms with Crippen LogP contribution >= 0.6 is 11.3 Å². The van der Waals surface area contributed by atoms with E-state index in [0.717, 1.165) is 22.6 Å². The lowest BCUT2D eigenvalue weighted by molar-refractivity contribution is 0.414. The Morgan fingerprint density at radius 3 is 2.04 bits per heavy atom. The molecule has 3 aromatic rings. The summed E-state index contributed by atoms with van der Waals surface area (Å²) in [6, 6.07) is 18.0. The standard InChI is InChI=1S/C20H21NO4S2/c1-24-17-9-5-15(6-10-17)14-19(16-7-11-18(25-2)12-8-16)21-27(22,23)20-4-3-13-26-20/h3-13,19,21H,14H2,1-2H3. The quantitative estimate of drug-likeness (QED) is 0.617. The molecule has 0 bridgehead atoms. The molecule has 0 saturated carbocycles. The summed E-state index contributed by atoms with van der Waals surface area (Å²) >= 11 is 1.20. The van der Waals surface area contributed by atoms with E-state index in [2.05, 4.69) is 4.72 Å². The lowest BCUT2D eigenvalue weighted by atomic mass is 9.99. The predicted octanol–water partition coefficient (Wildman–Crippen LogP) is 4.03. The Bertz CT molecular complexity index is 950. The second kappa shape index (κ2) is 8.56. The molecule has 0 aliphatic rings. The molecule has 0 aliphatic carbocycles. The number of sulfonamides is 1. The van der Waals surface area contributed by atoms with Crippen molar-refractivity contribution in [3.8, 4) is 11.5 Å². The van der Waals surface area contributed by atoms with Crippen molar-refractivity contribution < 1.29 is 17.9 Å². The molecule has 0 spiro atoms. The van der Waals surface area contributed by atoms with Crippen molar-refractivity contribution in [2.24, 2.45) is 0 Å². The molecule has 1 aromatic heterocycles. The molecule has 0 amide bonds. The van der Waals surface area contributed by atoms with Crippen LogP contribution in [0.4, 0.5) is 0 Å². The minimum atomic E-state index is -3.60. The number of nitrogens with one attached hydrogen (secondary N) is 1. The summed E-state index contributed by atoms with van der Waals surface area (Å²) in [6.07, 6.45) is 0.515. The first kappa shape index (κ1) is 19.4. The van der Waals surface area contributed by atoms with Gasteiger partial charge in [-0.3, -0.25) is 0 Å². The first-order valence-corrected chi connectivity index (χ1v) is 10.7. The molecule has 3 rings (SSSR count). The number of hydrogen-bond acceptors (Lipinski definition) is 5. The van der Waals surface area contributed by atoms with E-state index < -0.39 is 16.1 Å². The van der Waals surface area contributed by atoms with Gasteiger partial charge in [0.1, 0.15) is 15.7 Å². The lowest BCUT2D eigenvalue weighted by Crippen LogP contribution is -2.29. The Kier molecular flexibility index (Phi) is 6.15. The van der Waals surface area contributed by atoms with E-state index in [1.807, 2.05) is 48.5 Å². The van der Waals surface area contributed by atoms with Crippen LogP contribution in [0.15, 0.2) is 70.3 Å². The van der Waals surface area contributed by atoms with Crippen LogP contribution in [0.1, 0.15) is 17.2 Å². The van der Waals surface area contributed by atoms with Crippen LogP contribution in [-0.2, 0) is 16.4 Å². The van der Waals surface area contributed by atoms with Crippen LogP contribution in [0, 0.1) is 0 Å². The Morgan fingerprint density at radius 1 is 0.926 bits per heavy atom. The highest BCUT2D eigenvalue weighted by Gasteiger charge is 2.22. The smallest absolute Gasteiger partial charge is 0.250 e. The molecule has 1 unspecified atom stereocenters. The van der Waals surface area contributed by atoms with Crippen LogP contribution in [0.5, 0.6) is 11.5 Å². The van der Waals surface area contributed by atoms with Crippen molar-refractivity contribution in [1.82, 2.24) is 4.72 Å². The summed E-state index contributed by atoms with van der Waals surface area (Å²) in [6.45, 7) is 0. The zero-order valence-corrected chi connectivity index (χ0v) is 16.7. The maximum atomic E-state index is 12.7. The summed E-state index contributed by atoms with van der Waals surface area (Å²) in [7, 11) is -0.384. The van der Waals surface area contributed by atoms with Crippen LogP contribution < -0.4 is 14.2 Å². The fraction of sp³-hybridized carbons (Fsp3) is 0.200. The number of ether oxygens (including phenoxy) is 2. The second-order valence-electron chi connectivity index (χ2n) is 5.93. The fourth-order valence-electron chi connectivity index (χ4n) is 2.72. The Labute approximate surface area is 163 Å². The first-order valence-electron chi connectivity index (χ1n) is 8.34. The molecule has 142 valence electrons. The SMILES string of the molecule is COc1ccc(CC(NS(=O)(=O)c2cccs2)c2ccc(OC)cc2)cc1. The molecule has 27 heavy (non-hydrogen) atoms. The van der Waals surface area contributed by atoms with Crippen LogP contribution in [0.3, 0.4) is 0 Å². The summed E-state index contributed by atoms with van der Waals surface area (Å²) in [5.74, 6) is 1.49. The van der Waals surface area contributed by atoms with Gasteiger partial charge in [-0.05, 0) is 53.3 Å². The molecular formula is C20H21NO4S2. The average Bonchev–Trinajstić information content (AvgIpc) is 3.24. The zero-order valence-electron chi connectivity index (χ0n) is 15.1. The van der Waals surface area contributed by atoms with Gasteiger partial charge in [0.25, 0.3) is 10.0 Å². The third-order valence-electron chi connectivity index (χ3n) is 4.17. The average molecular weight is 404 g/mol. The highest BCUT2D eigenvalue weighted by atomic mass is 32.2. The van der Waals surface area contributed by atoms with Gasteiger partial charge in [0, 0.05) is 0 Å². The van der Waals surface area contributed by atoms with Gasteiger partial charge in [0.05, 0.1) is 20.3 Å². The number of rotatable bonds is 8. The predicted molar refractivity (Wildman–Crippen MR) is 107 cm³/mol. The van der Waals surface area contributed by atoms with Gasteiger partial charge in [0.2, 0.25) is 0 Å². The van der Waals surface area contributed by atoms with Gasteiger partial charge in [0.15, 0.2) is 0 Å². The van der Waals surface area contributed by atoms with Crippen molar-refractivity contribution in [2.75, 3.05) is 14.2 Å². The summed E-state index contributed by atoms with van der Waals surface area (Å²) in [5, 5.41) is 1.75. The van der Waals surface area contributed by atoms with Crippen LogP contribution in [-0.4, -0.2) is 22.6 Å². The van der Waals surface area contributed by atoms with E-state index in [9.17, 15) is 8.42 Å². The number of methoxy groups -OCH3 is 2. The second-order valence-corrected chi connectivity index (χ2v) is 8.82. The molecule has 0 fully saturated rings. The van der Waals surface area contributed by atoms with E-state index in [1.165, 1.54) is 11.3 Å². The molecule has 1 N–H and O–H groups in total. The maximum absolute atomic E-state index is 12.7. The van der Waals surface area contributed by atoms with Gasteiger partial charge < -0.3 is 9.47 Å². The first-order chi connectivity index (χ1) is 13.0. The molecule has 1 atom stereocenters. The lowest BCUT2D eigenvalue weighted by Gasteiger charge is -2.19. The normalized spacial score (nSPS) is 12.5. The van der Waals surface area contributed by atoms with E-state index in [1.54, 1.807) is 31.7 Å². The highest BCUT2D eigenvalue weighted by Crippen LogP contribution is 2.26. The monoisotopic (exact) mass is 403 g/mol. The minimum absolute atomic E-state index is 0.302. The molecule has 0 saturated heterocycles. The van der Waals surface area contributed by atoms with Crippen molar-refractivity contribution in [2.45, 2.75) is 16.7 Å². The molecule has 5 nitrogen and oxygen atoms in total. The molecule has 0 radical (unpaired) electrons. The zero-order chi connectivity index (χ0) is 19.3. The van der Waals surface area contributed by atoms with Crippen molar-refractivity contribution in [1.29, 1.82) is 0 Å². The van der Waals surface area contributed by atoms with Gasteiger partial charge in [-0.1, -0.05) is 30.3 Å². The van der Waals surface area contributed by atoms with Crippen molar-refractivity contribution in [3.05, 3.63) is 77.2 Å². The van der Waals surface area contributed by atoms with Gasteiger partial charge in [-0.15, -0.1) is 11.3 Å². The third kappa shape index (κ3) is 4.88. The summed E-state index contributed by atoms with van der Waals surface area (Å²) in [5.41, 5.74) is 1.87. The third-order valence-corrected chi connectivity index (χ3v) is 7.04. The number of thiophene rings is 1. The molecule has 7 heteroatoms. The van der Waals surface area contributed by atoms with Crippen molar-refractivity contribution >= 4 is 21.4 Å². The largest absolute Gasteiger partial charge is 0.497 e. The van der Waals surface area contributed by atoms with E-state index >= 15 is 0 Å². The van der Waals surface area contributed by atoms with Gasteiger partial charge >= 0.3 is 0 Å².